The van der Waals surface area contributed by atoms with Crippen molar-refractivity contribution in [2.24, 2.45) is 11.8 Å². The predicted octanol–water partition coefficient (Wildman–Crippen LogP) is 2.83. The van der Waals surface area contributed by atoms with Gasteiger partial charge in [-0.15, -0.1) is 0 Å². The summed E-state index contributed by atoms with van der Waals surface area (Å²) in [6, 6.07) is 9.06. The minimum atomic E-state index is 0.891. The van der Waals surface area contributed by atoms with Gasteiger partial charge in [-0.25, -0.2) is 0 Å². The van der Waals surface area contributed by atoms with Crippen molar-refractivity contribution >= 4 is 5.69 Å². The van der Waals surface area contributed by atoms with Crippen LogP contribution in [-0.2, 0) is 0 Å². The minimum absolute atomic E-state index is 0.891. The van der Waals surface area contributed by atoms with Gasteiger partial charge in [-0.2, -0.15) is 0 Å². The third-order valence-corrected chi connectivity index (χ3v) is 6.97. The molecule has 3 saturated heterocycles. The number of rotatable bonds is 5. The van der Waals surface area contributed by atoms with E-state index in [-0.39, 0.29) is 0 Å². The summed E-state index contributed by atoms with van der Waals surface area (Å²) in [7, 11) is 0. The zero-order valence-corrected chi connectivity index (χ0v) is 17.2. The largest absolute Gasteiger partial charge is 0.372 e. The van der Waals surface area contributed by atoms with Gasteiger partial charge in [0.25, 0.3) is 0 Å². The zero-order chi connectivity index (χ0) is 18.5. The average molecular weight is 371 g/mol. The lowest BCUT2D eigenvalue weighted by Crippen LogP contribution is -2.50. The fraction of sp³-hybridized carbons (Fsp3) is 0.739. The number of benzene rings is 1. The summed E-state index contributed by atoms with van der Waals surface area (Å²) in [5, 5.41) is 3.49. The first-order valence-electron chi connectivity index (χ1n) is 11.2. The van der Waals surface area contributed by atoms with Crippen molar-refractivity contribution in [1.82, 2.24) is 15.1 Å². The maximum Gasteiger partial charge on any atom is 0.0366 e. The second-order valence-electron chi connectivity index (χ2n) is 9.06. The van der Waals surface area contributed by atoms with Crippen LogP contribution in [0.2, 0.25) is 0 Å². The fourth-order valence-corrected chi connectivity index (χ4v) is 5.08. The molecule has 0 aliphatic carbocycles. The molecular formula is C23H38N4. The Hall–Kier alpha value is -1.10. The number of hydrogen-bond donors (Lipinski definition) is 1. The van der Waals surface area contributed by atoms with Crippen LogP contribution < -0.4 is 10.2 Å². The molecule has 0 spiro atoms. The lowest BCUT2D eigenvalue weighted by Gasteiger charge is -2.40. The number of hydrogen-bond acceptors (Lipinski definition) is 4. The third-order valence-electron chi connectivity index (χ3n) is 6.97. The van der Waals surface area contributed by atoms with E-state index in [0.29, 0.717) is 0 Å². The van der Waals surface area contributed by atoms with Crippen molar-refractivity contribution < 1.29 is 0 Å². The van der Waals surface area contributed by atoms with E-state index < -0.39 is 0 Å². The Kier molecular flexibility index (Phi) is 6.69. The molecule has 0 saturated carbocycles. The first-order valence-corrected chi connectivity index (χ1v) is 11.2. The van der Waals surface area contributed by atoms with Gasteiger partial charge >= 0.3 is 0 Å². The zero-order valence-electron chi connectivity index (χ0n) is 17.2. The van der Waals surface area contributed by atoms with Gasteiger partial charge in [-0.3, -0.25) is 0 Å². The number of nitrogens with zero attached hydrogens (tertiary/aromatic N) is 3. The highest BCUT2D eigenvalue weighted by atomic mass is 15.3. The van der Waals surface area contributed by atoms with Crippen molar-refractivity contribution in [3.8, 4) is 0 Å². The molecule has 0 aromatic heterocycles. The van der Waals surface area contributed by atoms with Crippen LogP contribution in [-0.4, -0.2) is 75.2 Å². The quantitative estimate of drug-likeness (QED) is 0.860. The SMILES string of the molecule is Cc1ccc(N2CCC(CN3CCN(CC4CCNCC4)CC3)CC2)cc1. The summed E-state index contributed by atoms with van der Waals surface area (Å²) in [6.45, 7) is 14.9. The van der Waals surface area contributed by atoms with Crippen LogP contribution in [0.1, 0.15) is 31.2 Å². The monoisotopic (exact) mass is 370 g/mol. The molecule has 27 heavy (non-hydrogen) atoms. The highest BCUT2D eigenvalue weighted by Gasteiger charge is 2.25. The van der Waals surface area contributed by atoms with Crippen LogP contribution in [0.4, 0.5) is 5.69 Å². The van der Waals surface area contributed by atoms with Gasteiger partial charge < -0.3 is 20.0 Å². The second-order valence-corrected chi connectivity index (χ2v) is 9.06. The van der Waals surface area contributed by atoms with Gasteiger partial charge in [0, 0.05) is 58.0 Å². The second kappa shape index (κ2) is 9.40. The molecule has 150 valence electrons. The van der Waals surface area contributed by atoms with E-state index >= 15 is 0 Å². The van der Waals surface area contributed by atoms with Gasteiger partial charge in [0.1, 0.15) is 0 Å². The van der Waals surface area contributed by atoms with Crippen molar-refractivity contribution in [3.05, 3.63) is 29.8 Å². The number of nitrogens with one attached hydrogen (secondary N) is 1. The Morgan fingerprint density at radius 1 is 0.741 bits per heavy atom. The maximum atomic E-state index is 3.49. The Morgan fingerprint density at radius 2 is 1.26 bits per heavy atom. The van der Waals surface area contributed by atoms with Gasteiger partial charge in [0.2, 0.25) is 0 Å². The lowest BCUT2D eigenvalue weighted by molar-refractivity contribution is 0.0961. The van der Waals surface area contributed by atoms with Gasteiger partial charge in [0.15, 0.2) is 0 Å². The summed E-state index contributed by atoms with van der Waals surface area (Å²) in [4.78, 5) is 8.05. The Labute approximate surface area is 165 Å². The van der Waals surface area contributed by atoms with Gasteiger partial charge in [-0.05, 0) is 69.7 Å². The Morgan fingerprint density at radius 3 is 1.81 bits per heavy atom. The van der Waals surface area contributed by atoms with E-state index in [0.717, 1.165) is 11.8 Å². The normalized spacial score (nSPS) is 24.4. The summed E-state index contributed by atoms with van der Waals surface area (Å²) in [6.07, 6.45) is 5.45. The van der Waals surface area contributed by atoms with E-state index in [1.807, 2.05) is 0 Å². The molecule has 3 heterocycles. The lowest BCUT2D eigenvalue weighted by atomic mass is 9.95. The van der Waals surface area contributed by atoms with Crippen LogP contribution in [0.3, 0.4) is 0 Å². The molecule has 1 N–H and O–H groups in total. The van der Waals surface area contributed by atoms with Crippen LogP contribution in [0.5, 0.6) is 0 Å². The highest BCUT2D eigenvalue weighted by molar-refractivity contribution is 5.47. The molecule has 4 rings (SSSR count). The molecule has 4 nitrogen and oxygen atoms in total. The summed E-state index contributed by atoms with van der Waals surface area (Å²) in [5.41, 5.74) is 2.76. The average Bonchev–Trinajstić information content (AvgIpc) is 2.72. The third kappa shape index (κ3) is 5.46. The molecule has 3 aliphatic rings. The molecule has 3 fully saturated rings. The van der Waals surface area contributed by atoms with Crippen LogP contribution >= 0.6 is 0 Å². The first kappa shape index (κ1) is 19.2. The van der Waals surface area contributed by atoms with Crippen LogP contribution in [0.25, 0.3) is 0 Å². The van der Waals surface area contributed by atoms with Gasteiger partial charge in [-0.1, -0.05) is 17.7 Å². The number of aryl methyl sites for hydroxylation is 1. The van der Waals surface area contributed by atoms with Crippen molar-refractivity contribution in [2.75, 3.05) is 70.3 Å². The molecule has 3 aliphatic heterocycles. The molecule has 1 aromatic carbocycles. The van der Waals surface area contributed by atoms with Crippen molar-refractivity contribution in [1.29, 1.82) is 0 Å². The Bertz CT molecular complexity index is 550. The van der Waals surface area contributed by atoms with Gasteiger partial charge in [0.05, 0.1) is 0 Å². The molecule has 4 heteroatoms. The summed E-state index contributed by atoms with van der Waals surface area (Å²) in [5.74, 6) is 1.83. The molecular weight excluding hydrogens is 332 g/mol. The van der Waals surface area contributed by atoms with Crippen molar-refractivity contribution in [3.63, 3.8) is 0 Å². The maximum absolute atomic E-state index is 3.49. The van der Waals surface area contributed by atoms with Crippen LogP contribution in [0.15, 0.2) is 24.3 Å². The molecule has 0 radical (unpaired) electrons. The fourth-order valence-electron chi connectivity index (χ4n) is 5.08. The smallest absolute Gasteiger partial charge is 0.0366 e. The van der Waals surface area contributed by atoms with E-state index in [2.05, 4.69) is 51.2 Å². The Balaban J connectivity index is 1.15. The molecule has 0 unspecified atom stereocenters. The first-order chi connectivity index (χ1) is 13.3. The van der Waals surface area contributed by atoms with E-state index in [1.54, 1.807) is 0 Å². The minimum Gasteiger partial charge on any atom is -0.372 e. The molecule has 0 bridgehead atoms. The van der Waals surface area contributed by atoms with E-state index in [4.69, 9.17) is 0 Å². The molecule has 1 aromatic rings. The standard InChI is InChI=1S/C23H38N4/c1-20-2-4-23(5-3-20)27-12-8-22(9-13-27)19-26-16-14-25(15-17-26)18-21-6-10-24-11-7-21/h2-5,21-22,24H,6-19H2,1H3. The van der Waals surface area contributed by atoms with E-state index in [9.17, 15) is 0 Å². The molecule has 0 atom stereocenters. The highest BCUT2D eigenvalue weighted by Crippen LogP contribution is 2.24. The summed E-state index contributed by atoms with van der Waals surface area (Å²) < 4.78 is 0. The number of piperazine rings is 1. The van der Waals surface area contributed by atoms with Crippen LogP contribution in [0, 0.1) is 18.8 Å². The number of anilines is 1. The topological polar surface area (TPSA) is 21.8 Å². The molecule has 0 amide bonds. The van der Waals surface area contributed by atoms with E-state index in [1.165, 1.54) is 102 Å². The predicted molar refractivity (Wildman–Crippen MR) is 115 cm³/mol. The van der Waals surface area contributed by atoms with Crippen molar-refractivity contribution in [2.45, 2.75) is 32.6 Å². The number of piperidine rings is 2. The summed E-state index contributed by atoms with van der Waals surface area (Å²) >= 11 is 0.